The molecule has 3 N–H and O–H groups in total. The van der Waals surface area contributed by atoms with Crippen molar-refractivity contribution in [1.29, 1.82) is 5.26 Å². The van der Waals surface area contributed by atoms with Gasteiger partial charge in [0.1, 0.15) is 24.5 Å². The molecule has 0 saturated heterocycles. The number of ether oxygens (including phenoxy) is 1. The number of hydrogen-bond donors (Lipinski definition) is 3. The third-order valence-electron chi connectivity index (χ3n) is 7.68. The topological polar surface area (TPSA) is 140 Å². The molecule has 9 nitrogen and oxygen atoms in total. The normalized spacial score (nSPS) is 15.7. The van der Waals surface area contributed by atoms with E-state index in [0.29, 0.717) is 12.5 Å². The molecule has 4 rings (SSSR count). The van der Waals surface area contributed by atoms with Crippen LogP contribution in [0.1, 0.15) is 66.1 Å². The maximum Gasteiger partial charge on any atom is 0.335 e. The zero-order chi connectivity index (χ0) is 30.5. The quantitative estimate of drug-likeness (QED) is 0.275. The summed E-state index contributed by atoms with van der Waals surface area (Å²) in [6.45, 7) is 4.51. The van der Waals surface area contributed by atoms with E-state index in [-0.39, 0.29) is 39.6 Å². The largest absolute Gasteiger partial charge is 0.489 e. The van der Waals surface area contributed by atoms with E-state index in [9.17, 15) is 28.7 Å². The highest BCUT2D eigenvalue weighted by molar-refractivity contribution is 7.92. The van der Waals surface area contributed by atoms with E-state index in [0.717, 1.165) is 29.6 Å². The molecule has 222 valence electrons. The number of sulfonamides is 1. The second kappa shape index (κ2) is 12.9. The second-order valence-corrected chi connectivity index (χ2v) is 13.3. The number of β-amino-alcohol motifs (C(OH)–C–C–N with tert-alkyl or cyclic N) is 1. The van der Waals surface area contributed by atoms with Crippen LogP contribution in [0.4, 0.5) is 5.69 Å². The van der Waals surface area contributed by atoms with Crippen molar-refractivity contribution in [2.75, 3.05) is 24.5 Å². The fourth-order valence-electron chi connectivity index (χ4n) is 5.41. The number of carbonyl (C=O) groups is 1. The summed E-state index contributed by atoms with van der Waals surface area (Å²) in [5.74, 6) is -0.554. The first-order valence-electron chi connectivity index (χ1n) is 13.9. The molecule has 10 heteroatoms. The van der Waals surface area contributed by atoms with Crippen molar-refractivity contribution in [2.24, 2.45) is 0 Å². The summed E-state index contributed by atoms with van der Waals surface area (Å²) >= 11 is 0. The van der Waals surface area contributed by atoms with E-state index in [1.165, 1.54) is 61.0 Å². The zero-order valence-electron chi connectivity index (χ0n) is 24.1. The van der Waals surface area contributed by atoms with E-state index < -0.39 is 22.1 Å². The molecule has 1 aliphatic rings. The number of aromatic carboxylic acids is 1. The maximum absolute atomic E-state index is 13.1. The van der Waals surface area contributed by atoms with E-state index in [4.69, 9.17) is 4.74 Å². The van der Waals surface area contributed by atoms with Crippen LogP contribution in [0, 0.1) is 11.3 Å². The number of fused-ring (bicyclic) bond motifs is 1. The number of nitriles is 1. The Kier molecular flexibility index (Phi) is 9.57. The summed E-state index contributed by atoms with van der Waals surface area (Å²) < 4.78 is 33.0. The van der Waals surface area contributed by atoms with Gasteiger partial charge in [0.15, 0.2) is 0 Å². The van der Waals surface area contributed by atoms with E-state index in [2.05, 4.69) is 43.4 Å². The van der Waals surface area contributed by atoms with Gasteiger partial charge in [-0.15, -0.1) is 0 Å². The fraction of sp³-hybridized carbons (Fsp3) is 0.375. The molecule has 0 heterocycles. The Morgan fingerprint density at radius 3 is 2.67 bits per heavy atom. The van der Waals surface area contributed by atoms with E-state index >= 15 is 0 Å². The molecule has 0 amide bonds. The van der Waals surface area contributed by atoms with Crippen molar-refractivity contribution in [3.63, 3.8) is 0 Å². The lowest BCUT2D eigenvalue weighted by Crippen LogP contribution is -2.45. The molecular weight excluding hydrogens is 554 g/mol. The van der Waals surface area contributed by atoms with Crippen molar-refractivity contribution >= 4 is 21.7 Å². The molecule has 0 fully saturated rings. The number of aliphatic hydroxyl groups is 1. The molecule has 42 heavy (non-hydrogen) atoms. The highest BCUT2D eigenvalue weighted by atomic mass is 32.2. The van der Waals surface area contributed by atoms with Crippen LogP contribution >= 0.6 is 0 Å². The van der Waals surface area contributed by atoms with Crippen molar-refractivity contribution in [3.8, 4) is 11.8 Å². The third kappa shape index (κ3) is 7.29. The van der Waals surface area contributed by atoms with Crippen LogP contribution in [0.2, 0.25) is 0 Å². The minimum Gasteiger partial charge on any atom is -0.489 e. The Balaban J connectivity index is 1.36. The second-order valence-electron chi connectivity index (χ2n) is 11.3. The number of rotatable bonds is 12. The number of hydrogen-bond acceptors (Lipinski definition) is 7. The number of aryl methyl sites for hydroxylation is 1. The Morgan fingerprint density at radius 2 is 1.93 bits per heavy atom. The van der Waals surface area contributed by atoms with Gasteiger partial charge >= 0.3 is 5.97 Å². The van der Waals surface area contributed by atoms with Crippen LogP contribution in [0.25, 0.3) is 0 Å². The molecule has 0 aromatic heterocycles. The lowest BCUT2D eigenvalue weighted by Gasteiger charge is -2.34. The summed E-state index contributed by atoms with van der Waals surface area (Å²) in [5, 5.41) is 33.0. The molecule has 3 aromatic rings. The lowest BCUT2D eigenvalue weighted by atomic mass is 9.77. The van der Waals surface area contributed by atoms with Crippen molar-refractivity contribution in [3.05, 3.63) is 89.0 Å². The SMILES string of the molecule is CN(c1ccc(OC[C@H](O)CNC(C)(C)CC2CCCc3ccccc32)c(C#N)c1)S(=O)(=O)c1cccc(C(=O)O)c1. The first-order valence-corrected chi connectivity index (χ1v) is 15.4. The van der Waals surface area contributed by atoms with Crippen LogP contribution in [0.3, 0.4) is 0 Å². The summed E-state index contributed by atoms with van der Waals surface area (Å²) in [6, 6.07) is 20.1. The Hall–Kier alpha value is -3.91. The molecule has 0 aliphatic heterocycles. The molecule has 0 spiro atoms. The first kappa shape index (κ1) is 31.0. The zero-order valence-corrected chi connectivity index (χ0v) is 24.9. The van der Waals surface area contributed by atoms with Gasteiger partial charge in [0.2, 0.25) is 0 Å². The van der Waals surface area contributed by atoms with Crippen molar-refractivity contribution < 1.29 is 28.2 Å². The molecular formula is C32H37N3O6S. The van der Waals surface area contributed by atoms with Crippen molar-refractivity contribution in [1.82, 2.24) is 5.32 Å². The Morgan fingerprint density at radius 1 is 1.17 bits per heavy atom. The van der Waals surface area contributed by atoms with Crippen LogP contribution in [-0.2, 0) is 16.4 Å². The van der Waals surface area contributed by atoms with E-state index in [1.54, 1.807) is 0 Å². The smallest absolute Gasteiger partial charge is 0.335 e. The minimum atomic E-state index is -4.09. The van der Waals surface area contributed by atoms with Gasteiger partial charge in [0.05, 0.1) is 21.7 Å². The highest BCUT2D eigenvalue weighted by Crippen LogP contribution is 2.37. The average molecular weight is 592 g/mol. The lowest BCUT2D eigenvalue weighted by molar-refractivity contribution is 0.0696. The molecule has 1 aliphatic carbocycles. The Bertz CT molecular complexity index is 1580. The van der Waals surface area contributed by atoms with Gasteiger partial charge in [0, 0.05) is 19.1 Å². The first-order chi connectivity index (χ1) is 19.9. The highest BCUT2D eigenvalue weighted by Gasteiger charge is 2.28. The number of carboxylic acids is 1. The summed E-state index contributed by atoms with van der Waals surface area (Å²) in [7, 11) is -2.77. The van der Waals surface area contributed by atoms with Gasteiger partial charge in [-0.1, -0.05) is 30.3 Å². The Labute approximate surface area is 247 Å². The molecule has 0 saturated carbocycles. The number of anilines is 1. The number of benzene rings is 3. The van der Waals surface area contributed by atoms with Gasteiger partial charge in [-0.2, -0.15) is 5.26 Å². The number of carboxylic acid groups (broad SMARTS) is 1. The summed E-state index contributed by atoms with van der Waals surface area (Å²) in [6.07, 6.45) is 3.54. The van der Waals surface area contributed by atoms with Gasteiger partial charge in [-0.05, 0) is 93.0 Å². The summed E-state index contributed by atoms with van der Waals surface area (Å²) in [4.78, 5) is 11.1. The maximum atomic E-state index is 13.1. The van der Waals surface area contributed by atoms with Crippen molar-refractivity contribution in [2.45, 2.75) is 62.0 Å². The number of aliphatic hydroxyl groups excluding tert-OH is 1. The van der Waals surface area contributed by atoms with Crippen LogP contribution in [0.5, 0.6) is 5.75 Å². The number of nitrogens with zero attached hydrogens (tertiary/aromatic N) is 2. The molecule has 1 unspecified atom stereocenters. The number of nitrogens with one attached hydrogen (secondary N) is 1. The predicted molar refractivity (Wildman–Crippen MR) is 160 cm³/mol. The summed E-state index contributed by atoms with van der Waals surface area (Å²) in [5.41, 5.74) is 2.78. The van der Waals surface area contributed by atoms with Gasteiger partial charge in [-0.3, -0.25) is 4.31 Å². The van der Waals surface area contributed by atoms with Crippen LogP contribution in [-0.4, -0.2) is 56.4 Å². The van der Waals surface area contributed by atoms with Gasteiger partial charge in [-0.25, -0.2) is 13.2 Å². The standard InChI is InChI=1S/C32H37N3O6S/c1-32(2,18-24-11-6-9-22-8-4-5-13-29(22)24)34-20-27(36)21-41-30-15-14-26(16-25(30)19-33)35(3)42(39,40)28-12-7-10-23(17-28)31(37)38/h4-5,7-8,10,12-17,24,27,34,36H,6,9,11,18,20-21H2,1-3H3,(H,37,38)/t24?,27-/m1/s1. The molecule has 2 atom stereocenters. The van der Waals surface area contributed by atoms with E-state index in [1.807, 2.05) is 6.07 Å². The average Bonchev–Trinajstić information content (AvgIpc) is 2.98. The molecule has 0 radical (unpaired) electrons. The van der Waals surface area contributed by atoms with Crippen LogP contribution < -0.4 is 14.4 Å². The van der Waals surface area contributed by atoms with Crippen LogP contribution in [0.15, 0.2) is 71.6 Å². The third-order valence-corrected chi connectivity index (χ3v) is 9.47. The molecule has 3 aromatic carbocycles. The monoisotopic (exact) mass is 591 g/mol. The fourth-order valence-corrected chi connectivity index (χ4v) is 6.64. The minimum absolute atomic E-state index is 0.0561. The molecule has 0 bridgehead atoms. The van der Waals surface area contributed by atoms with Gasteiger partial charge in [0.25, 0.3) is 10.0 Å². The van der Waals surface area contributed by atoms with Gasteiger partial charge < -0.3 is 20.3 Å². The predicted octanol–water partition coefficient (Wildman–Crippen LogP) is 4.70.